The van der Waals surface area contributed by atoms with Gasteiger partial charge in [-0.05, 0) is 26.3 Å². The summed E-state index contributed by atoms with van der Waals surface area (Å²) in [5.74, 6) is -1.77. The van der Waals surface area contributed by atoms with E-state index in [1.54, 1.807) is 20.8 Å². The molecule has 1 aromatic carbocycles. The first-order chi connectivity index (χ1) is 11.6. The van der Waals surface area contributed by atoms with Crippen molar-refractivity contribution in [2.45, 2.75) is 51.3 Å². The van der Waals surface area contributed by atoms with Gasteiger partial charge in [0.2, 0.25) is 5.91 Å². The van der Waals surface area contributed by atoms with E-state index in [0.717, 1.165) is 5.56 Å². The fourth-order valence-electron chi connectivity index (χ4n) is 2.12. The Labute approximate surface area is 147 Å². The van der Waals surface area contributed by atoms with Gasteiger partial charge >= 0.3 is 11.9 Å². The molecule has 0 aromatic heterocycles. The summed E-state index contributed by atoms with van der Waals surface area (Å²) in [6.07, 6.45) is -0.0132. The van der Waals surface area contributed by atoms with Crippen molar-refractivity contribution in [3.8, 4) is 0 Å². The number of esters is 2. The Balaban J connectivity index is 2.68. The monoisotopic (exact) mass is 350 g/mol. The minimum atomic E-state index is -1.11. The molecule has 1 amide bonds. The fraction of sp³-hybridized carbons (Fsp3) is 0.500. The highest BCUT2D eigenvalue weighted by atomic mass is 16.6. The molecule has 0 radical (unpaired) electrons. The molecule has 25 heavy (non-hydrogen) atoms. The predicted molar refractivity (Wildman–Crippen MR) is 92.5 cm³/mol. The summed E-state index contributed by atoms with van der Waals surface area (Å²) in [5, 5.41) is 2.54. The van der Waals surface area contributed by atoms with Crippen molar-refractivity contribution in [2.75, 3.05) is 7.11 Å². The topological polar surface area (TPSA) is 108 Å². The summed E-state index contributed by atoms with van der Waals surface area (Å²) in [7, 11) is 1.24. The molecule has 0 saturated carbocycles. The number of hydrogen-bond donors (Lipinski definition) is 2. The highest BCUT2D eigenvalue weighted by Gasteiger charge is 2.27. The van der Waals surface area contributed by atoms with Crippen LogP contribution in [-0.4, -0.2) is 42.6 Å². The first-order valence-electron chi connectivity index (χ1n) is 8.02. The van der Waals surface area contributed by atoms with Crippen molar-refractivity contribution in [3.63, 3.8) is 0 Å². The van der Waals surface area contributed by atoms with Gasteiger partial charge in [-0.25, -0.2) is 4.79 Å². The van der Waals surface area contributed by atoms with Crippen LogP contribution in [0.5, 0.6) is 0 Å². The second-order valence-corrected chi connectivity index (χ2v) is 6.67. The third kappa shape index (κ3) is 7.80. The SMILES string of the molecule is COC(=O)[C@H](Cc1ccccc1)NC(=O)[C@@H](N)CC(=O)OC(C)(C)C. The van der Waals surface area contributed by atoms with Crippen molar-refractivity contribution in [3.05, 3.63) is 35.9 Å². The largest absolute Gasteiger partial charge is 0.467 e. The van der Waals surface area contributed by atoms with Gasteiger partial charge in [0.15, 0.2) is 0 Å². The van der Waals surface area contributed by atoms with E-state index in [4.69, 9.17) is 15.2 Å². The molecule has 2 atom stereocenters. The molecule has 0 spiro atoms. The molecule has 0 unspecified atom stereocenters. The summed E-state index contributed by atoms with van der Waals surface area (Å²) in [5.41, 5.74) is 5.96. The van der Waals surface area contributed by atoms with Crippen LogP contribution in [0.15, 0.2) is 30.3 Å². The average Bonchev–Trinajstić information content (AvgIpc) is 2.52. The lowest BCUT2D eigenvalue weighted by Crippen LogP contribution is -2.50. The van der Waals surface area contributed by atoms with Crippen LogP contribution < -0.4 is 11.1 Å². The number of carbonyl (C=O) groups excluding carboxylic acids is 3. The van der Waals surface area contributed by atoms with Gasteiger partial charge in [-0.1, -0.05) is 30.3 Å². The van der Waals surface area contributed by atoms with Gasteiger partial charge in [-0.15, -0.1) is 0 Å². The second kappa shape index (κ2) is 9.17. The van der Waals surface area contributed by atoms with Gasteiger partial charge in [0, 0.05) is 6.42 Å². The van der Waals surface area contributed by atoms with E-state index in [1.165, 1.54) is 7.11 Å². The van der Waals surface area contributed by atoms with Crippen molar-refractivity contribution < 1.29 is 23.9 Å². The summed E-state index contributed by atoms with van der Waals surface area (Å²) in [6.45, 7) is 5.18. The highest BCUT2D eigenvalue weighted by Crippen LogP contribution is 2.09. The molecule has 3 N–H and O–H groups in total. The minimum Gasteiger partial charge on any atom is -0.467 e. The summed E-state index contributed by atoms with van der Waals surface area (Å²) >= 11 is 0. The van der Waals surface area contributed by atoms with Gasteiger partial charge in [-0.3, -0.25) is 9.59 Å². The molecule has 0 saturated heterocycles. The van der Waals surface area contributed by atoms with Crippen LogP contribution in [0.3, 0.4) is 0 Å². The number of carbonyl (C=O) groups is 3. The molecule has 1 aromatic rings. The van der Waals surface area contributed by atoms with Crippen LogP contribution in [0, 0.1) is 0 Å². The zero-order valence-electron chi connectivity index (χ0n) is 15.1. The second-order valence-electron chi connectivity index (χ2n) is 6.67. The van der Waals surface area contributed by atoms with Crippen LogP contribution in [0.25, 0.3) is 0 Å². The number of nitrogens with one attached hydrogen (secondary N) is 1. The number of rotatable bonds is 7. The standard InChI is InChI=1S/C18H26N2O5/c1-18(2,3)25-15(21)11-13(19)16(22)20-14(17(23)24-4)10-12-8-6-5-7-9-12/h5-9,13-14H,10-11,19H2,1-4H3,(H,20,22)/t13-,14-/m0/s1. The average molecular weight is 350 g/mol. The summed E-state index contributed by atoms with van der Waals surface area (Å²) in [6, 6.07) is 7.19. The van der Waals surface area contributed by atoms with E-state index in [1.807, 2.05) is 30.3 Å². The Bertz CT molecular complexity index is 595. The fourth-order valence-corrected chi connectivity index (χ4v) is 2.12. The minimum absolute atomic E-state index is 0.262. The van der Waals surface area contributed by atoms with Crippen molar-refractivity contribution >= 4 is 17.8 Å². The van der Waals surface area contributed by atoms with E-state index < -0.39 is 35.5 Å². The molecule has 7 nitrogen and oxygen atoms in total. The maximum Gasteiger partial charge on any atom is 0.328 e. The van der Waals surface area contributed by atoms with Crippen molar-refractivity contribution in [2.24, 2.45) is 5.73 Å². The van der Waals surface area contributed by atoms with E-state index in [0.29, 0.717) is 0 Å². The molecule has 0 fully saturated rings. The van der Waals surface area contributed by atoms with E-state index in [9.17, 15) is 14.4 Å². The Kier molecular flexibility index (Phi) is 7.57. The molecule has 0 heterocycles. The molecule has 138 valence electrons. The van der Waals surface area contributed by atoms with Crippen molar-refractivity contribution in [1.82, 2.24) is 5.32 Å². The molecule has 0 aliphatic carbocycles. The van der Waals surface area contributed by atoms with Gasteiger partial charge in [0.05, 0.1) is 19.6 Å². The van der Waals surface area contributed by atoms with Gasteiger partial charge in [0.25, 0.3) is 0 Å². The Morgan fingerprint density at radius 2 is 1.76 bits per heavy atom. The molecule has 0 bridgehead atoms. The lowest BCUT2D eigenvalue weighted by atomic mass is 10.1. The number of amides is 1. The normalized spacial score (nSPS) is 13.5. The van der Waals surface area contributed by atoms with Crippen LogP contribution in [-0.2, 0) is 30.3 Å². The van der Waals surface area contributed by atoms with E-state index in [-0.39, 0.29) is 12.8 Å². The molecule has 1 rings (SSSR count). The van der Waals surface area contributed by atoms with Crippen molar-refractivity contribution in [1.29, 1.82) is 0 Å². The number of methoxy groups -OCH3 is 1. The third-order valence-corrected chi connectivity index (χ3v) is 3.23. The van der Waals surface area contributed by atoms with Crippen LogP contribution in [0.1, 0.15) is 32.8 Å². The Hall–Kier alpha value is -2.41. The van der Waals surface area contributed by atoms with E-state index in [2.05, 4.69) is 5.32 Å². The van der Waals surface area contributed by atoms with Crippen LogP contribution in [0.4, 0.5) is 0 Å². The maximum atomic E-state index is 12.2. The smallest absolute Gasteiger partial charge is 0.328 e. The number of benzene rings is 1. The Morgan fingerprint density at radius 1 is 1.16 bits per heavy atom. The van der Waals surface area contributed by atoms with Gasteiger partial charge < -0.3 is 20.5 Å². The molecule has 7 heteroatoms. The van der Waals surface area contributed by atoms with Crippen LogP contribution in [0.2, 0.25) is 0 Å². The number of hydrogen-bond acceptors (Lipinski definition) is 6. The molecular formula is C18H26N2O5. The first kappa shape index (κ1) is 20.6. The zero-order valence-corrected chi connectivity index (χ0v) is 15.1. The Morgan fingerprint density at radius 3 is 2.28 bits per heavy atom. The molecule has 0 aliphatic rings. The third-order valence-electron chi connectivity index (χ3n) is 3.23. The predicted octanol–water partition coefficient (Wildman–Crippen LogP) is 0.946. The van der Waals surface area contributed by atoms with Gasteiger partial charge in [0.1, 0.15) is 11.6 Å². The summed E-state index contributed by atoms with van der Waals surface area (Å²) in [4.78, 5) is 35.9. The lowest BCUT2D eigenvalue weighted by molar-refractivity contribution is -0.156. The molecule has 0 aliphatic heterocycles. The summed E-state index contributed by atoms with van der Waals surface area (Å²) < 4.78 is 9.86. The quantitative estimate of drug-likeness (QED) is 0.709. The number of nitrogens with two attached hydrogens (primary N) is 1. The highest BCUT2D eigenvalue weighted by molar-refractivity contribution is 5.90. The maximum absolute atomic E-state index is 12.2. The van der Waals surface area contributed by atoms with Crippen LogP contribution >= 0.6 is 0 Å². The van der Waals surface area contributed by atoms with E-state index >= 15 is 0 Å². The zero-order chi connectivity index (χ0) is 19.0. The lowest BCUT2D eigenvalue weighted by Gasteiger charge is -2.22. The molecular weight excluding hydrogens is 324 g/mol. The first-order valence-corrected chi connectivity index (χ1v) is 8.02. The van der Waals surface area contributed by atoms with Gasteiger partial charge in [-0.2, -0.15) is 0 Å². The number of ether oxygens (including phenoxy) is 2.